The second-order valence-corrected chi connectivity index (χ2v) is 7.41. The highest BCUT2D eigenvalue weighted by Crippen LogP contribution is 2.27. The minimum absolute atomic E-state index is 0.145. The van der Waals surface area contributed by atoms with E-state index in [-0.39, 0.29) is 9.56 Å². The van der Waals surface area contributed by atoms with Gasteiger partial charge in [0.25, 0.3) is 0 Å². The van der Waals surface area contributed by atoms with Crippen molar-refractivity contribution in [1.82, 2.24) is 10.0 Å². The molecule has 1 aliphatic carbocycles. The molecule has 6 nitrogen and oxygen atoms in total. The van der Waals surface area contributed by atoms with Gasteiger partial charge in [0, 0.05) is 31.9 Å². The Hall–Kier alpha value is -0.410. The highest BCUT2D eigenvalue weighted by molar-refractivity contribution is 9.10. The lowest BCUT2D eigenvalue weighted by Gasteiger charge is -2.05. The van der Waals surface area contributed by atoms with Crippen LogP contribution in [0.5, 0.6) is 0 Å². The Kier molecular flexibility index (Phi) is 6.24. The van der Waals surface area contributed by atoms with Crippen molar-refractivity contribution < 1.29 is 17.6 Å². The van der Waals surface area contributed by atoms with Crippen LogP contribution in [0.25, 0.3) is 0 Å². The molecular weight excluding hydrogens is 360 g/mol. The van der Waals surface area contributed by atoms with Crippen LogP contribution in [0.3, 0.4) is 0 Å². The molecule has 0 atom stereocenters. The van der Waals surface area contributed by atoms with Crippen molar-refractivity contribution in [3.05, 3.63) is 16.5 Å². The quantitative estimate of drug-likeness (QED) is 0.606. The number of nitrogens with one attached hydrogen (secondary N) is 2. The molecule has 2 rings (SSSR count). The van der Waals surface area contributed by atoms with E-state index in [9.17, 15) is 8.42 Å². The molecule has 0 bridgehead atoms. The zero-order valence-corrected chi connectivity index (χ0v) is 14.4. The minimum atomic E-state index is -3.55. The summed E-state index contributed by atoms with van der Waals surface area (Å²) in [4.78, 5) is 0.145. The predicted octanol–water partition coefficient (Wildman–Crippen LogP) is 2.00. The molecular formula is C13H21BrN2O4S. The highest BCUT2D eigenvalue weighted by Gasteiger charge is 2.24. The fraction of sp³-hybridized carbons (Fsp3) is 0.692. The first-order chi connectivity index (χ1) is 10.0. The summed E-state index contributed by atoms with van der Waals surface area (Å²) in [5.41, 5.74) is 0. The van der Waals surface area contributed by atoms with Crippen molar-refractivity contribution >= 4 is 26.0 Å². The van der Waals surface area contributed by atoms with Crippen molar-refractivity contribution in [3.8, 4) is 0 Å². The first-order valence-corrected chi connectivity index (χ1v) is 9.39. The third-order valence-electron chi connectivity index (χ3n) is 3.10. The lowest BCUT2D eigenvalue weighted by molar-refractivity contribution is 0.146. The third kappa shape index (κ3) is 5.37. The van der Waals surface area contributed by atoms with Gasteiger partial charge >= 0.3 is 0 Å². The van der Waals surface area contributed by atoms with E-state index in [0.29, 0.717) is 44.5 Å². The van der Waals surface area contributed by atoms with Gasteiger partial charge in [-0.25, -0.2) is 13.1 Å². The maximum Gasteiger partial charge on any atom is 0.244 e. The Bertz CT molecular complexity index is 555. The van der Waals surface area contributed by atoms with Gasteiger partial charge < -0.3 is 14.5 Å². The molecule has 1 aliphatic rings. The summed E-state index contributed by atoms with van der Waals surface area (Å²) in [6.45, 7) is 3.97. The van der Waals surface area contributed by atoms with E-state index in [1.807, 2.05) is 6.92 Å². The summed E-state index contributed by atoms with van der Waals surface area (Å²) >= 11 is 3.17. The van der Waals surface area contributed by atoms with Crippen LogP contribution in [-0.4, -0.2) is 34.2 Å². The molecule has 0 unspecified atom stereocenters. The Balaban J connectivity index is 1.88. The molecule has 8 heteroatoms. The van der Waals surface area contributed by atoms with Gasteiger partial charge in [-0.15, -0.1) is 0 Å². The monoisotopic (exact) mass is 380 g/mol. The number of furan rings is 1. The van der Waals surface area contributed by atoms with Crippen molar-refractivity contribution in [2.75, 3.05) is 19.8 Å². The Morgan fingerprint density at radius 2 is 2.24 bits per heavy atom. The van der Waals surface area contributed by atoms with Crippen molar-refractivity contribution in [2.45, 2.75) is 43.7 Å². The molecule has 1 aromatic rings. The lowest BCUT2D eigenvalue weighted by Crippen LogP contribution is -2.25. The maximum absolute atomic E-state index is 12.2. The smallest absolute Gasteiger partial charge is 0.244 e. The molecule has 0 aromatic carbocycles. The fourth-order valence-corrected chi connectivity index (χ4v) is 3.87. The van der Waals surface area contributed by atoms with Gasteiger partial charge in [-0.2, -0.15) is 0 Å². The summed E-state index contributed by atoms with van der Waals surface area (Å²) < 4.78 is 37.8. The number of sulfonamides is 1. The summed E-state index contributed by atoms with van der Waals surface area (Å²) in [7, 11) is -3.55. The van der Waals surface area contributed by atoms with Crippen LogP contribution in [-0.2, 0) is 21.3 Å². The molecule has 0 saturated heterocycles. The second-order valence-electron chi connectivity index (χ2n) is 4.95. The van der Waals surface area contributed by atoms with E-state index < -0.39 is 10.0 Å². The van der Waals surface area contributed by atoms with Crippen molar-refractivity contribution in [2.24, 2.45) is 0 Å². The van der Waals surface area contributed by atoms with Crippen LogP contribution in [0, 0.1) is 0 Å². The van der Waals surface area contributed by atoms with Crippen LogP contribution in [0.1, 0.15) is 31.9 Å². The van der Waals surface area contributed by atoms with Gasteiger partial charge in [0.2, 0.25) is 10.0 Å². The number of ether oxygens (including phenoxy) is 1. The van der Waals surface area contributed by atoms with Gasteiger partial charge in [-0.3, -0.25) is 0 Å². The maximum atomic E-state index is 12.2. The molecule has 0 radical (unpaired) electrons. The van der Waals surface area contributed by atoms with Gasteiger partial charge in [-0.05, 0) is 42.1 Å². The first kappa shape index (κ1) is 17.0. The summed E-state index contributed by atoms with van der Waals surface area (Å²) in [6.07, 6.45) is 2.99. The average Bonchev–Trinajstić information content (AvgIpc) is 3.18. The summed E-state index contributed by atoms with van der Waals surface area (Å²) in [5, 5.41) is 3.28. The average molecular weight is 381 g/mol. The molecule has 1 heterocycles. The molecule has 21 heavy (non-hydrogen) atoms. The van der Waals surface area contributed by atoms with Crippen LogP contribution < -0.4 is 10.0 Å². The van der Waals surface area contributed by atoms with Gasteiger partial charge in [-0.1, -0.05) is 0 Å². The molecule has 1 fully saturated rings. The lowest BCUT2D eigenvalue weighted by atomic mass is 10.4. The number of halogens is 1. The van der Waals surface area contributed by atoms with Gasteiger partial charge in [0.05, 0.1) is 6.54 Å². The van der Waals surface area contributed by atoms with E-state index in [1.165, 1.54) is 12.8 Å². The topological polar surface area (TPSA) is 80.6 Å². The van der Waals surface area contributed by atoms with E-state index in [0.717, 1.165) is 0 Å². The molecule has 1 aromatic heterocycles. The van der Waals surface area contributed by atoms with Crippen LogP contribution >= 0.6 is 15.9 Å². The molecule has 0 aliphatic heterocycles. The van der Waals surface area contributed by atoms with Crippen LogP contribution in [0.2, 0.25) is 0 Å². The molecule has 2 N–H and O–H groups in total. The van der Waals surface area contributed by atoms with Crippen LogP contribution in [0.4, 0.5) is 0 Å². The Labute approximate surface area is 133 Å². The largest absolute Gasteiger partial charge is 0.452 e. The van der Waals surface area contributed by atoms with E-state index in [4.69, 9.17) is 9.15 Å². The highest BCUT2D eigenvalue weighted by atomic mass is 79.9. The third-order valence-corrected chi connectivity index (χ3v) is 5.42. The second kappa shape index (κ2) is 7.73. The summed E-state index contributed by atoms with van der Waals surface area (Å²) in [6, 6.07) is 2.11. The van der Waals surface area contributed by atoms with Crippen molar-refractivity contribution in [1.29, 1.82) is 0 Å². The van der Waals surface area contributed by atoms with Gasteiger partial charge in [0.1, 0.15) is 10.7 Å². The van der Waals surface area contributed by atoms with E-state index >= 15 is 0 Å². The van der Waals surface area contributed by atoms with Gasteiger partial charge in [0.15, 0.2) is 4.67 Å². The Morgan fingerprint density at radius 3 is 2.90 bits per heavy atom. The predicted molar refractivity (Wildman–Crippen MR) is 82.6 cm³/mol. The van der Waals surface area contributed by atoms with Crippen LogP contribution in [0.15, 0.2) is 20.0 Å². The number of hydrogen-bond donors (Lipinski definition) is 2. The SMILES string of the molecule is CCOCCCNS(=O)(=O)c1cc(CNC2CC2)oc1Br. The zero-order chi connectivity index (χ0) is 15.3. The first-order valence-electron chi connectivity index (χ1n) is 7.12. The normalized spacial score (nSPS) is 15.5. The molecule has 120 valence electrons. The minimum Gasteiger partial charge on any atom is -0.452 e. The zero-order valence-electron chi connectivity index (χ0n) is 12.0. The van der Waals surface area contributed by atoms with E-state index in [1.54, 1.807) is 6.07 Å². The van der Waals surface area contributed by atoms with E-state index in [2.05, 4.69) is 26.0 Å². The molecule has 0 spiro atoms. The standard InChI is InChI=1S/C13H21BrN2O4S/c1-2-19-7-3-6-16-21(17,18)12-8-11(20-13(12)14)9-15-10-4-5-10/h8,10,15-16H,2-7,9H2,1H3. The number of hydrogen-bond acceptors (Lipinski definition) is 5. The molecule has 1 saturated carbocycles. The fourth-order valence-electron chi connectivity index (χ4n) is 1.80. The number of rotatable bonds is 10. The Morgan fingerprint density at radius 1 is 1.48 bits per heavy atom. The molecule has 0 amide bonds. The van der Waals surface area contributed by atoms with Crippen molar-refractivity contribution in [3.63, 3.8) is 0 Å². The summed E-state index contributed by atoms with van der Waals surface area (Å²) in [5.74, 6) is 0.614.